The van der Waals surface area contributed by atoms with E-state index in [4.69, 9.17) is 28.0 Å². The van der Waals surface area contributed by atoms with E-state index in [1.54, 1.807) is 14.2 Å². The molecular formula is C51H58N5O9P. The van der Waals surface area contributed by atoms with E-state index >= 15 is 0 Å². The van der Waals surface area contributed by atoms with E-state index in [1.807, 2.05) is 121 Å². The van der Waals surface area contributed by atoms with Gasteiger partial charge in [-0.3, -0.25) is 19.8 Å². The molecule has 0 bridgehead atoms. The molecule has 2 aliphatic heterocycles. The smallest absolute Gasteiger partial charge is 0.326 e. The van der Waals surface area contributed by atoms with E-state index in [0.717, 1.165) is 33.0 Å². The molecule has 15 heteroatoms. The van der Waals surface area contributed by atoms with E-state index in [9.17, 15) is 19.6 Å². The van der Waals surface area contributed by atoms with Gasteiger partial charge in [0.05, 0.1) is 46.0 Å². The third-order valence-electron chi connectivity index (χ3n) is 11.9. The summed E-state index contributed by atoms with van der Waals surface area (Å²) in [4.78, 5) is 42.4. The number of amides is 4. The van der Waals surface area contributed by atoms with E-state index in [0.29, 0.717) is 11.5 Å². The quantitative estimate of drug-likeness (QED) is 0.0334. The van der Waals surface area contributed by atoms with Gasteiger partial charge < -0.3 is 33.3 Å². The van der Waals surface area contributed by atoms with Gasteiger partial charge in [0.25, 0.3) is 8.53 Å². The average molecular weight is 916 g/mol. The van der Waals surface area contributed by atoms with Crippen LogP contribution in [0.5, 0.6) is 11.5 Å². The van der Waals surface area contributed by atoms with E-state index in [1.165, 1.54) is 4.90 Å². The first kappa shape index (κ1) is 48.0. The fourth-order valence-corrected chi connectivity index (χ4v) is 10.4. The fraction of sp³-hybridized carbons (Fsp3) is 0.373. The molecule has 0 saturated carbocycles. The van der Waals surface area contributed by atoms with E-state index < -0.39 is 56.3 Å². The predicted molar refractivity (Wildman–Crippen MR) is 251 cm³/mol. The van der Waals surface area contributed by atoms with Crippen molar-refractivity contribution < 1.29 is 42.4 Å². The number of fused-ring (bicyclic) bond motifs is 1. The Morgan fingerprint density at radius 3 is 2.09 bits per heavy atom. The first-order valence-corrected chi connectivity index (χ1v) is 23.3. The highest BCUT2D eigenvalue weighted by Gasteiger charge is 2.49. The Hall–Kier alpha value is -5.91. The zero-order valence-electron chi connectivity index (χ0n) is 38.2. The third kappa shape index (κ3) is 10.7. The van der Waals surface area contributed by atoms with Crippen LogP contribution in [-0.4, -0.2) is 91.9 Å². The molecular weight excluding hydrogens is 858 g/mol. The van der Waals surface area contributed by atoms with E-state index in [2.05, 4.69) is 49.1 Å². The average Bonchev–Trinajstić information content (AvgIpc) is 3.73. The number of urea groups is 1. The number of benzene rings is 5. The van der Waals surface area contributed by atoms with Crippen LogP contribution in [0.4, 0.5) is 4.79 Å². The molecule has 5 aromatic carbocycles. The van der Waals surface area contributed by atoms with Crippen LogP contribution < -0.4 is 20.1 Å². The number of nitrogens with zero attached hydrogens (tertiary/aromatic N) is 3. The molecule has 0 aliphatic carbocycles. The molecule has 0 spiro atoms. The van der Waals surface area contributed by atoms with Gasteiger partial charge in [-0.15, -0.1) is 0 Å². The second-order valence-corrected chi connectivity index (χ2v) is 18.1. The minimum atomic E-state index is -1.77. The van der Waals surface area contributed by atoms with Crippen LogP contribution in [0.1, 0.15) is 62.8 Å². The van der Waals surface area contributed by atoms with Gasteiger partial charge in [0, 0.05) is 31.6 Å². The molecule has 2 fully saturated rings. The monoisotopic (exact) mass is 915 g/mol. The molecule has 346 valence electrons. The van der Waals surface area contributed by atoms with Crippen molar-refractivity contribution in [1.82, 2.24) is 20.2 Å². The summed E-state index contributed by atoms with van der Waals surface area (Å²) in [6.07, 6.45) is -2.12. The molecule has 5 atom stereocenters. The van der Waals surface area contributed by atoms with Crippen LogP contribution in [0, 0.1) is 17.2 Å². The largest absolute Gasteiger partial charge is 0.497 e. The molecule has 14 nitrogen and oxygen atoms in total. The Morgan fingerprint density at radius 1 is 0.864 bits per heavy atom. The number of rotatable bonds is 20. The highest BCUT2D eigenvalue weighted by Crippen LogP contribution is 2.50. The van der Waals surface area contributed by atoms with Gasteiger partial charge in [-0.1, -0.05) is 97.1 Å². The van der Waals surface area contributed by atoms with E-state index in [-0.39, 0.29) is 51.2 Å². The van der Waals surface area contributed by atoms with Crippen molar-refractivity contribution in [2.75, 3.05) is 34.0 Å². The van der Waals surface area contributed by atoms with Crippen LogP contribution in [0.25, 0.3) is 10.8 Å². The summed E-state index contributed by atoms with van der Waals surface area (Å²) < 4.78 is 40.7. The minimum Gasteiger partial charge on any atom is -0.497 e. The molecule has 2 unspecified atom stereocenters. The summed E-state index contributed by atoms with van der Waals surface area (Å²) in [5.41, 5.74) is 2.15. The zero-order valence-corrected chi connectivity index (χ0v) is 39.1. The topological polar surface area (TPSA) is 161 Å². The molecule has 7 rings (SSSR count). The molecule has 2 N–H and O–H groups in total. The van der Waals surface area contributed by atoms with Crippen molar-refractivity contribution in [1.29, 1.82) is 5.26 Å². The van der Waals surface area contributed by atoms with Crippen molar-refractivity contribution in [2.24, 2.45) is 5.92 Å². The molecule has 4 amide bonds. The van der Waals surface area contributed by atoms with Gasteiger partial charge in [0.15, 0.2) is 0 Å². The van der Waals surface area contributed by atoms with Crippen molar-refractivity contribution in [2.45, 2.75) is 83.2 Å². The maximum Gasteiger partial charge on any atom is 0.326 e. The number of ether oxygens (including phenoxy) is 4. The lowest BCUT2D eigenvalue weighted by molar-refractivity contribution is -0.140. The fourth-order valence-electron chi connectivity index (χ4n) is 8.67. The standard InChI is InChI=1S/C51H58N5O9P/c1-34(2)56(35(3)4)66(63-29-13-28-52)65-45-30-47(55-32-44(49(58)54-50(55)59)48(57)53-31-37-16-12-15-36-14-10-11-19-43(36)37)64-46(45)33-62-51(38-17-8-7-9-18-38,39-20-24-41(60-5)25-21-39)40-22-26-42(61-6)27-23-40/h7-12,14-27,34-35,44-47H,13,29-33H2,1-6H3,(H,53,57)(H,54,58,59)/t44?,45-,46+,47+,66?/m0/s1. The number of hydrogen-bond acceptors (Lipinski definition) is 11. The maximum atomic E-state index is 13.8. The summed E-state index contributed by atoms with van der Waals surface area (Å²) in [7, 11) is 1.47. The molecule has 2 heterocycles. The van der Waals surface area contributed by atoms with Crippen molar-refractivity contribution in [3.05, 3.63) is 144 Å². The first-order chi connectivity index (χ1) is 32.0. The number of carbonyl (C=O) groups excluding carboxylic acids is 3. The molecule has 0 radical (unpaired) electrons. The van der Waals surface area contributed by atoms with Gasteiger partial charge in [-0.05, 0) is 85.0 Å². The maximum absolute atomic E-state index is 13.8. The van der Waals surface area contributed by atoms with Crippen LogP contribution in [0.2, 0.25) is 0 Å². The molecule has 2 aliphatic rings. The Labute approximate surface area is 388 Å². The van der Waals surface area contributed by atoms with Crippen LogP contribution in [-0.2, 0) is 40.3 Å². The normalized spacial score (nSPS) is 19.2. The summed E-state index contributed by atoms with van der Waals surface area (Å²) in [5, 5.41) is 16.8. The molecule has 2 saturated heterocycles. The molecule has 5 aromatic rings. The second-order valence-electron chi connectivity index (χ2n) is 16.7. The summed E-state index contributed by atoms with van der Waals surface area (Å²) >= 11 is 0. The highest BCUT2D eigenvalue weighted by atomic mass is 31.2. The van der Waals surface area contributed by atoms with Crippen molar-refractivity contribution in [3.8, 4) is 17.6 Å². The van der Waals surface area contributed by atoms with Gasteiger partial charge >= 0.3 is 6.03 Å². The Bertz CT molecular complexity index is 2410. The van der Waals surface area contributed by atoms with Gasteiger partial charge in [0.1, 0.15) is 35.3 Å². The summed E-state index contributed by atoms with van der Waals surface area (Å²) in [5.74, 6) is -1.07. The number of methoxy groups -OCH3 is 2. The Morgan fingerprint density at radius 2 is 1.47 bits per heavy atom. The number of nitriles is 1. The minimum absolute atomic E-state index is 0.00826. The lowest BCUT2D eigenvalue weighted by atomic mass is 9.80. The second kappa shape index (κ2) is 22.1. The predicted octanol–water partition coefficient (Wildman–Crippen LogP) is 8.43. The number of hydrogen-bond donors (Lipinski definition) is 2. The van der Waals surface area contributed by atoms with Crippen molar-refractivity contribution >= 4 is 37.1 Å². The van der Waals surface area contributed by atoms with Crippen LogP contribution in [0.3, 0.4) is 0 Å². The number of nitrogens with one attached hydrogen (secondary N) is 2. The number of imide groups is 1. The Kier molecular flexibility index (Phi) is 16.0. The van der Waals surface area contributed by atoms with Crippen LogP contribution in [0.15, 0.2) is 121 Å². The highest BCUT2D eigenvalue weighted by molar-refractivity contribution is 7.44. The third-order valence-corrected chi connectivity index (χ3v) is 14.0. The first-order valence-electron chi connectivity index (χ1n) is 22.2. The SMILES string of the molecule is COc1ccc(C(OC[C@H]2O[C@@H](N3CC(C(=O)NCc4cccc5ccccc45)C(=O)NC3=O)C[C@@H]2OP(OCCC#N)N(C(C)C)C(C)C)(c2ccccc2)c2ccc(OC)cc2)cc1. The van der Waals surface area contributed by atoms with Gasteiger partial charge in [-0.2, -0.15) is 5.26 Å². The van der Waals surface area contributed by atoms with Crippen LogP contribution >= 0.6 is 8.53 Å². The lowest BCUT2D eigenvalue weighted by Gasteiger charge is -2.39. The summed E-state index contributed by atoms with van der Waals surface area (Å²) in [6.45, 7) is 8.30. The number of carbonyl (C=O) groups is 3. The lowest BCUT2D eigenvalue weighted by Crippen LogP contribution is -2.60. The van der Waals surface area contributed by atoms with Crippen molar-refractivity contribution in [3.63, 3.8) is 0 Å². The van der Waals surface area contributed by atoms with Gasteiger partial charge in [-0.25, -0.2) is 9.46 Å². The van der Waals surface area contributed by atoms with Gasteiger partial charge in [0.2, 0.25) is 11.8 Å². The summed E-state index contributed by atoms with van der Waals surface area (Å²) in [6, 6.07) is 40.5. The zero-order chi connectivity index (χ0) is 46.8. The molecule has 0 aromatic heterocycles. The molecule has 66 heavy (non-hydrogen) atoms. The Balaban J connectivity index is 1.22.